The first-order chi connectivity index (χ1) is 8.22. The maximum absolute atomic E-state index is 5.99. The predicted octanol–water partition coefficient (Wildman–Crippen LogP) is 3.64. The Hall–Kier alpha value is -0.463. The Bertz CT molecular complexity index is 377. The van der Waals surface area contributed by atoms with Crippen molar-refractivity contribution in [2.24, 2.45) is 0 Å². The van der Waals surface area contributed by atoms with E-state index < -0.39 is 8.32 Å². The highest BCUT2D eigenvalue weighted by Crippen LogP contribution is 2.36. The van der Waals surface area contributed by atoms with Gasteiger partial charge in [-0.2, -0.15) is 0 Å². The minimum Gasteiger partial charge on any atom is -0.461 e. The Morgan fingerprint density at radius 3 is 2.22 bits per heavy atom. The molecule has 0 saturated heterocycles. The fourth-order valence-corrected chi connectivity index (χ4v) is 2.25. The van der Waals surface area contributed by atoms with Crippen LogP contribution in [0.5, 0.6) is 6.01 Å². The minimum absolute atomic E-state index is 0.223. The third-order valence-electron chi connectivity index (χ3n) is 3.18. The van der Waals surface area contributed by atoms with Gasteiger partial charge in [0.1, 0.15) is 6.61 Å². The van der Waals surface area contributed by atoms with Crippen molar-refractivity contribution in [3.63, 3.8) is 0 Å². The van der Waals surface area contributed by atoms with Crippen LogP contribution in [0.25, 0.3) is 0 Å². The third kappa shape index (κ3) is 4.66. The maximum Gasteiger partial charge on any atom is 0.316 e. The Balaban J connectivity index is 2.33. The molecule has 1 heterocycles. The average Bonchev–Trinajstić information content (AvgIpc) is 2.25. The molecule has 0 N–H and O–H groups in total. The van der Waals surface area contributed by atoms with Crippen molar-refractivity contribution in [2.75, 3.05) is 13.2 Å². The lowest BCUT2D eigenvalue weighted by Gasteiger charge is -2.36. The lowest BCUT2D eigenvalue weighted by molar-refractivity contribution is 0.194. The minimum atomic E-state index is -1.68. The monoisotopic (exact) mass is 332 g/mol. The van der Waals surface area contributed by atoms with Crippen LogP contribution in [-0.4, -0.2) is 31.5 Å². The lowest BCUT2D eigenvalue weighted by atomic mass is 10.2. The topological polar surface area (TPSA) is 44.2 Å². The molecule has 1 rings (SSSR count). The van der Waals surface area contributed by atoms with Crippen LogP contribution in [0.4, 0.5) is 0 Å². The van der Waals surface area contributed by atoms with E-state index in [1.165, 1.54) is 0 Å². The zero-order valence-electron chi connectivity index (χ0n) is 11.7. The molecule has 0 atom stereocenters. The van der Waals surface area contributed by atoms with Gasteiger partial charge in [0, 0.05) is 12.4 Å². The van der Waals surface area contributed by atoms with Crippen LogP contribution in [0.15, 0.2) is 16.9 Å². The van der Waals surface area contributed by atoms with Crippen LogP contribution in [0, 0.1) is 0 Å². The van der Waals surface area contributed by atoms with Gasteiger partial charge in [-0.05, 0) is 34.1 Å². The summed E-state index contributed by atoms with van der Waals surface area (Å²) in [6, 6.07) is 0.386. The van der Waals surface area contributed by atoms with E-state index in [0.717, 1.165) is 4.47 Å². The quantitative estimate of drug-likeness (QED) is 0.610. The van der Waals surface area contributed by atoms with Crippen LogP contribution in [-0.2, 0) is 4.43 Å². The second kappa shape index (κ2) is 6.12. The summed E-state index contributed by atoms with van der Waals surface area (Å²) >= 11 is 3.28. The van der Waals surface area contributed by atoms with E-state index in [2.05, 4.69) is 59.8 Å². The van der Waals surface area contributed by atoms with Gasteiger partial charge in [-0.15, -0.1) is 0 Å². The molecule has 0 spiro atoms. The Morgan fingerprint density at radius 2 is 1.72 bits per heavy atom. The molecule has 0 radical (unpaired) electrons. The van der Waals surface area contributed by atoms with Gasteiger partial charge in [-0.1, -0.05) is 20.8 Å². The molecule has 0 bridgehead atoms. The number of hydrogen-bond donors (Lipinski definition) is 0. The van der Waals surface area contributed by atoms with E-state index in [1.54, 1.807) is 12.4 Å². The number of halogens is 1. The van der Waals surface area contributed by atoms with E-state index >= 15 is 0 Å². The standard InChI is InChI=1S/C12H21BrN2O2Si/c1-12(2,3)18(4,5)17-7-6-16-11-14-8-10(13)9-15-11/h8-9H,6-7H2,1-5H3. The highest BCUT2D eigenvalue weighted by atomic mass is 79.9. The molecule has 0 aliphatic heterocycles. The fourth-order valence-electron chi connectivity index (χ4n) is 1.02. The van der Waals surface area contributed by atoms with Crippen LogP contribution in [0.3, 0.4) is 0 Å². The van der Waals surface area contributed by atoms with Gasteiger partial charge >= 0.3 is 6.01 Å². The number of aromatic nitrogens is 2. The largest absolute Gasteiger partial charge is 0.461 e. The third-order valence-corrected chi connectivity index (χ3v) is 8.13. The maximum atomic E-state index is 5.99. The van der Waals surface area contributed by atoms with Crippen molar-refractivity contribution < 1.29 is 9.16 Å². The second-order valence-corrected chi connectivity index (χ2v) is 11.4. The van der Waals surface area contributed by atoms with Gasteiger partial charge in [0.2, 0.25) is 0 Å². The van der Waals surface area contributed by atoms with E-state index in [9.17, 15) is 0 Å². The lowest BCUT2D eigenvalue weighted by Crippen LogP contribution is -2.41. The predicted molar refractivity (Wildman–Crippen MR) is 78.4 cm³/mol. The SMILES string of the molecule is CC(C)(C)[Si](C)(C)OCCOc1ncc(Br)cn1. The number of ether oxygens (including phenoxy) is 1. The average molecular weight is 333 g/mol. The summed E-state index contributed by atoms with van der Waals surface area (Å²) in [5.41, 5.74) is 0. The summed E-state index contributed by atoms with van der Waals surface area (Å²) < 4.78 is 12.3. The fraction of sp³-hybridized carbons (Fsp3) is 0.667. The van der Waals surface area contributed by atoms with E-state index in [0.29, 0.717) is 19.2 Å². The van der Waals surface area contributed by atoms with Gasteiger partial charge in [0.15, 0.2) is 8.32 Å². The van der Waals surface area contributed by atoms with Gasteiger partial charge < -0.3 is 9.16 Å². The van der Waals surface area contributed by atoms with E-state index in [1.807, 2.05) is 0 Å². The highest BCUT2D eigenvalue weighted by Gasteiger charge is 2.36. The van der Waals surface area contributed by atoms with Gasteiger partial charge in [0.25, 0.3) is 0 Å². The molecule has 102 valence electrons. The van der Waals surface area contributed by atoms with Crippen LogP contribution in [0.2, 0.25) is 18.1 Å². The normalized spacial score (nSPS) is 12.6. The molecule has 1 aromatic rings. The number of hydrogen-bond acceptors (Lipinski definition) is 4. The van der Waals surface area contributed by atoms with Crippen molar-refractivity contribution in [2.45, 2.75) is 38.9 Å². The zero-order chi connectivity index (χ0) is 13.8. The van der Waals surface area contributed by atoms with Crippen LogP contribution in [0.1, 0.15) is 20.8 Å². The zero-order valence-corrected chi connectivity index (χ0v) is 14.2. The molecule has 0 aliphatic rings. The smallest absolute Gasteiger partial charge is 0.316 e. The van der Waals surface area contributed by atoms with Crippen molar-refractivity contribution in [1.82, 2.24) is 9.97 Å². The van der Waals surface area contributed by atoms with Gasteiger partial charge in [0.05, 0.1) is 11.1 Å². The molecular formula is C12H21BrN2O2Si. The van der Waals surface area contributed by atoms with Gasteiger partial charge in [-0.25, -0.2) is 9.97 Å². The summed E-state index contributed by atoms with van der Waals surface area (Å²) in [4.78, 5) is 8.07. The van der Waals surface area contributed by atoms with E-state index in [4.69, 9.17) is 9.16 Å². The number of nitrogens with zero attached hydrogens (tertiary/aromatic N) is 2. The molecule has 0 aromatic carbocycles. The molecule has 6 heteroatoms. The first-order valence-electron chi connectivity index (χ1n) is 5.97. The van der Waals surface area contributed by atoms with Gasteiger partial charge in [-0.3, -0.25) is 0 Å². The molecule has 4 nitrogen and oxygen atoms in total. The Morgan fingerprint density at radius 1 is 1.17 bits per heavy atom. The van der Waals surface area contributed by atoms with Crippen molar-refractivity contribution in [3.8, 4) is 6.01 Å². The highest BCUT2D eigenvalue weighted by molar-refractivity contribution is 9.10. The molecule has 1 aromatic heterocycles. The van der Waals surface area contributed by atoms with E-state index in [-0.39, 0.29) is 5.04 Å². The van der Waals surface area contributed by atoms with Crippen LogP contribution < -0.4 is 4.74 Å². The molecule has 0 aliphatic carbocycles. The first-order valence-corrected chi connectivity index (χ1v) is 9.67. The molecule has 0 saturated carbocycles. The van der Waals surface area contributed by atoms with Crippen molar-refractivity contribution in [3.05, 3.63) is 16.9 Å². The summed E-state index contributed by atoms with van der Waals surface area (Å²) in [7, 11) is -1.68. The Labute approximate surface area is 118 Å². The molecule has 0 fully saturated rings. The molecular weight excluding hydrogens is 312 g/mol. The number of rotatable bonds is 5. The summed E-state index contributed by atoms with van der Waals surface area (Å²) in [6.07, 6.45) is 3.33. The molecule has 0 amide bonds. The summed E-state index contributed by atoms with van der Waals surface area (Å²) in [5.74, 6) is 0. The summed E-state index contributed by atoms with van der Waals surface area (Å²) in [6.45, 7) is 12.2. The second-order valence-electron chi connectivity index (χ2n) is 5.64. The molecule has 0 unspecified atom stereocenters. The first kappa shape index (κ1) is 15.6. The molecule has 18 heavy (non-hydrogen) atoms. The summed E-state index contributed by atoms with van der Waals surface area (Å²) in [5, 5.41) is 0.223. The van der Waals surface area contributed by atoms with Crippen molar-refractivity contribution >= 4 is 24.2 Å². The Kier molecular flexibility index (Phi) is 5.30. The van der Waals surface area contributed by atoms with Crippen LogP contribution >= 0.6 is 15.9 Å². The van der Waals surface area contributed by atoms with Crippen molar-refractivity contribution in [1.29, 1.82) is 0 Å².